The van der Waals surface area contributed by atoms with Crippen LogP contribution in [0.2, 0.25) is 5.02 Å². The quantitative estimate of drug-likeness (QED) is 0.919. The van der Waals surface area contributed by atoms with Gasteiger partial charge in [0.05, 0.1) is 13.2 Å². The van der Waals surface area contributed by atoms with Gasteiger partial charge < -0.3 is 15.0 Å². The first-order chi connectivity index (χ1) is 9.11. The minimum Gasteiger partial charge on any atom is -0.496 e. The van der Waals surface area contributed by atoms with Crippen LogP contribution in [0.15, 0.2) is 18.2 Å². The maximum atomic E-state index is 12.2. The van der Waals surface area contributed by atoms with Crippen molar-refractivity contribution in [1.82, 2.24) is 10.2 Å². The van der Waals surface area contributed by atoms with Gasteiger partial charge in [0, 0.05) is 24.2 Å². The van der Waals surface area contributed by atoms with Gasteiger partial charge in [0.1, 0.15) is 5.75 Å². The highest BCUT2D eigenvalue weighted by molar-refractivity contribution is 6.30. The number of nitrogens with zero attached hydrogens (tertiary/aromatic N) is 1. The minimum atomic E-state index is -0.0461. The number of likely N-dealkylation sites (N-methyl/N-ethyl adjacent to an activating group) is 1. The largest absolute Gasteiger partial charge is 0.496 e. The molecule has 1 aliphatic heterocycles. The van der Waals surface area contributed by atoms with Crippen molar-refractivity contribution in [3.05, 3.63) is 28.8 Å². The highest BCUT2D eigenvalue weighted by Crippen LogP contribution is 2.24. The lowest BCUT2D eigenvalue weighted by Crippen LogP contribution is -2.41. The predicted molar refractivity (Wildman–Crippen MR) is 75.5 cm³/mol. The molecule has 4 nitrogen and oxygen atoms in total. The van der Waals surface area contributed by atoms with Crippen molar-refractivity contribution in [3.63, 3.8) is 0 Å². The topological polar surface area (TPSA) is 41.6 Å². The average molecular weight is 283 g/mol. The molecule has 19 heavy (non-hydrogen) atoms. The minimum absolute atomic E-state index is 0.0461. The molecule has 1 amide bonds. The number of hydrogen-bond acceptors (Lipinski definition) is 3. The third-order valence-corrected chi connectivity index (χ3v) is 3.62. The highest BCUT2D eigenvalue weighted by Gasteiger charge is 2.25. The van der Waals surface area contributed by atoms with E-state index < -0.39 is 0 Å². The molecule has 0 aromatic heterocycles. The van der Waals surface area contributed by atoms with E-state index >= 15 is 0 Å². The molecule has 1 atom stereocenters. The Hall–Kier alpha value is -1.26. The number of amides is 1. The Labute approximate surface area is 118 Å². The second-order valence-electron chi connectivity index (χ2n) is 4.80. The molecule has 5 heteroatoms. The van der Waals surface area contributed by atoms with E-state index in [0.717, 1.165) is 30.7 Å². The summed E-state index contributed by atoms with van der Waals surface area (Å²) < 4.78 is 5.29. The fourth-order valence-electron chi connectivity index (χ4n) is 2.37. The lowest BCUT2D eigenvalue weighted by atomic mass is 10.1. The van der Waals surface area contributed by atoms with Gasteiger partial charge in [-0.05, 0) is 37.6 Å². The molecule has 0 aliphatic carbocycles. The molecule has 1 aliphatic rings. The van der Waals surface area contributed by atoms with Gasteiger partial charge in [0.2, 0.25) is 5.91 Å². The fourth-order valence-corrected chi connectivity index (χ4v) is 2.56. The first kappa shape index (κ1) is 14.2. The normalized spacial score (nSPS) is 18.4. The maximum Gasteiger partial charge on any atom is 0.239 e. The molecule has 1 N–H and O–H groups in total. The van der Waals surface area contributed by atoms with E-state index in [1.807, 2.05) is 19.2 Å². The summed E-state index contributed by atoms with van der Waals surface area (Å²) >= 11 is 5.99. The van der Waals surface area contributed by atoms with Crippen molar-refractivity contribution >= 4 is 17.5 Å². The van der Waals surface area contributed by atoms with Crippen molar-refractivity contribution in [2.45, 2.75) is 25.4 Å². The molecule has 0 saturated carbocycles. The molecular formula is C14H19ClN2O2. The number of hydrogen-bond donors (Lipinski definition) is 1. The van der Waals surface area contributed by atoms with E-state index in [1.54, 1.807) is 18.1 Å². The molecule has 1 saturated heterocycles. The first-order valence-electron chi connectivity index (χ1n) is 6.42. The van der Waals surface area contributed by atoms with Crippen molar-refractivity contribution in [1.29, 1.82) is 0 Å². The molecule has 0 spiro atoms. The molecule has 0 bridgehead atoms. The summed E-state index contributed by atoms with van der Waals surface area (Å²) in [6, 6.07) is 5.40. The van der Waals surface area contributed by atoms with Crippen molar-refractivity contribution < 1.29 is 9.53 Å². The molecule has 1 fully saturated rings. The predicted octanol–water partition coefficient (Wildman–Crippen LogP) is 2.06. The van der Waals surface area contributed by atoms with Crippen molar-refractivity contribution in [2.75, 3.05) is 20.7 Å². The molecule has 104 valence electrons. The molecule has 1 aromatic rings. The highest BCUT2D eigenvalue weighted by atomic mass is 35.5. The summed E-state index contributed by atoms with van der Waals surface area (Å²) in [5.74, 6) is 0.878. The Morgan fingerprint density at radius 3 is 3.00 bits per heavy atom. The van der Waals surface area contributed by atoms with Crippen LogP contribution >= 0.6 is 11.6 Å². The van der Waals surface area contributed by atoms with Crippen LogP contribution in [0.4, 0.5) is 0 Å². The molecule has 2 rings (SSSR count). The van der Waals surface area contributed by atoms with Gasteiger partial charge in [-0.2, -0.15) is 0 Å². The zero-order valence-electron chi connectivity index (χ0n) is 11.3. The Morgan fingerprint density at radius 2 is 2.37 bits per heavy atom. The lowest BCUT2D eigenvalue weighted by molar-refractivity contribution is -0.132. The van der Waals surface area contributed by atoms with Crippen LogP contribution in [0.1, 0.15) is 18.4 Å². The average Bonchev–Trinajstić information content (AvgIpc) is 2.92. The van der Waals surface area contributed by atoms with Gasteiger partial charge in [0.15, 0.2) is 0 Å². The van der Waals surface area contributed by atoms with E-state index in [1.165, 1.54) is 0 Å². The summed E-state index contributed by atoms with van der Waals surface area (Å²) in [6.07, 6.45) is 1.97. The number of nitrogens with one attached hydrogen (secondary N) is 1. The third-order valence-electron chi connectivity index (χ3n) is 3.38. The van der Waals surface area contributed by atoms with E-state index in [9.17, 15) is 4.79 Å². The Morgan fingerprint density at radius 1 is 1.58 bits per heavy atom. The maximum absolute atomic E-state index is 12.2. The van der Waals surface area contributed by atoms with Crippen LogP contribution in [0, 0.1) is 0 Å². The summed E-state index contributed by atoms with van der Waals surface area (Å²) in [7, 11) is 3.43. The monoisotopic (exact) mass is 282 g/mol. The van der Waals surface area contributed by atoms with E-state index in [2.05, 4.69) is 5.32 Å². The second-order valence-corrected chi connectivity index (χ2v) is 5.24. The van der Waals surface area contributed by atoms with Gasteiger partial charge >= 0.3 is 0 Å². The van der Waals surface area contributed by atoms with Crippen LogP contribution in [0.25, 0.3) is 0 Å². The van der Waals surface area contributed by atoms with E-state index in [0.29, 0.717) is 11.6 Å². The Kier molecular flexibility index (Phi) is 4.66. The van der Waals surface area contributed by atoms with Crippen LogP contribution in [-0.2, 0) is 11.3 Å². The van der Waals surface area contributed by atoms with E-state index in [-0.39, 0.29) is 11.9 Å². The SMILES string of the molecule is COc1ccc(Cl)cc1CN(C)C(=O)C1CCCN1. The summed E-state index contributed by atoms with van der Waals surface area (Å²) in [5, 5.41) is 3.86. The Bertz CT molecular complexity index is 459. The Balaban J connectivity index is 2.07. The number of ether oxygens (including phenoxy) is 1. The zero-order chi connectivity index (χ0) is 13.8. The standard InChI is InChI=1S/C14H19ClN2O2/c1-17(14(18)12-4-3-7-16-12)9-10-8-11(15)5-6-13(10)19-2/h5-6,8,12,16H,3-4,7,9H2,1-2H3. The molecule has 1 heterocycles. The van der Waals surface area contributed by atoms with Crippen molar-refractivity contribution in [3.8, 4) is 5.75 Å². The van der Waals surface area contributed by atoms with Gasteiger partial charge in [0.25, 0.3) is 0 Å². The van der Waals surface area contributed by atoms with Crippen LogP contribution in [0.5, 0.6) is 5.75 Å². The molecule has 1 aromatic carbocycles. The second kappa shape index (κ2) is 6.26. The van der Waals surface area contributed by atoms with Gasteiger partial charge in [-0.3, -0.25) is 4.79 Å². The summed E-state index contributed by atoms with van der Waals surface area (Å²) in [5.41, 5.74) is 0.920. The summed E-state index contributed by atoms with van der Waals surface area (Å²) in [6.45, 7) is 1.42. The number of carbonyl (C=O) groups excluding carboxylic acids is 1. The fraction of sp³-hybridized carbons (Fsp3) is 0.500. The molecule has 1 unspecified atom stereocenters. The number of halogens is 1. The number of benzene rings is 1. The molecule has 0 radical (unpaired) electrons. The zero-order valence-corrected chi connectivity index (χ0v) is 12.0. The third kappa shape index (κ3) is 3.39. The number of rotatable bonds is 4. The summed E-state index contributed by atoms with van der Waals surface area (Å²) in [4.78, 5) is 13.9. The van der Waals surface area contributed by atoms with Gasteiger partial charge in [-0.25, -0.2) is 0 Å². The number of carbonyl (C=O) groups is 1. The van der Waals surface area contributed by atoms with E-state index in [4.69, 9.17) is 16.3 Å². The van der Waals surface area contributed by atoms with Crippen molar-refractivity contribution in [2.24, 2.45) is 0 Å². The van der Waals surface area contributed by atoms with Gasteiger partial charge in [-0.15, -0.1) is 0 Å². The van der Waals surface area contributed by atoms with Crippen LogP contribution in [-0.4, -0.2) is 37.6 Å². The van der Waals surface area contributed by atoms with Gasteiger partial charge in [-0.1, -0.05) is 11.6 Å². The number of methoxy groups -OCH3 is 1. The lowest BCUT2D eigenvalue weighted by Gasteiger charge is -2.22. The first-order valence-corrected chi connectivity index (χ1v) is 6.80. The molecular weight excluding hydrogens is 264 g/mol. The van der Waals surface area contributed by atoms with Crippen LogP contribution < -0.4 is 10.1 Å². The van der Waals surface area contributed by atoms with Crippen LogP contribution in [0.3, 0.4) is 0 Å². The smallest absolute Gasteiger partial charge is 0.239 e.